The summed E-state index contributed by atoms with van der Waals surface area (Å²) in [7, 11) is 0. The second kappa shape index (κ2) is 4.33. The molecule has 0 aliphatic heterocycles. The lowest BCUT2D eigenvalue weighted by molar-refractivity contribution is 0.0966. The third kappa shape index (κ3) is 1.82. The minimum absolute atomic E-state index is 0.271. The number of carbonyl (C=O) groups excluding carboxylic acids is 1. The lowest BCUT2D eigenvalue weighted by atomic mass is 10.2. The van der Waals surface area contributed by atoms with Crippen molar-refractivity contribution in [2.75, 3.05) is 0 Å². The Hall–Kier alpha value is -2.47. The van der Waals surface area contributed by atoms with Crippen LogP contribution < -0.4 is 5.56 Å². The van der Waals surface area contributed by atoms with Crippen LogP contribution in [0, 0.1) is 0 Å². The number of carbonyl (C=O) groups is 1. The maximum atomic E-state index is 12.2. The molecule has 0 fully saturated rings. The smallest absolute Gasteiger partial charge is 0.294 e. The number of para-hydroxylation sites is 1. The van der Waals surface area contributed by atoms with Gasteiger partial charge in [0.2, 0.25) is 11.6 Å². The summed E-state index contributed by atoms with van der Waals surface area (Å²) in [6.45, 7) is 0. The molecule has 0 spiro atoms. The lowest BCUT2D eigenvalue weighted by Crippen LogP contribution is -2.26. The normalized spacial score (nSPS) is 10.7. The van der Waals surface area contributed by atoms with Gasteiger partial charge in [0.25, 0.3) is 5.56 Å². The molecule has 0 saturated heterocycles. The van der Waals surface area contributed by atoms with Crippen molar-refractivity contribution in [2.45, 2.75) is 0 Å². The second-order valence-electron chi connectivity index (χ2n) is 3.88. The van der Waals surface area contributed by atoms with E-state index in [2.05, 4.69) is 4.98 Å². The highest BCUT2D eigenvalue weighted by Gasteiger charge is 2.19. The van der Waals surface area contributed by atoms with Crippen LogP contribution >= 0.6 is 11.3 Å². The summed E-state index contributed by atoms with van der Waals surface area (Å²) in [5.74, 6) is -0.744. The molecule has 0 aliphatic rings. The number of nitrogens with zero attached hydrogens (tertiary/aromatic N) is 2. The van der Waals surface area contributed by atoms with Crippen LogP contribution in [0.25, 0.3) is 10.9 Å². The van der Waals surface area contributed by atoms with Gasteiger partial charge in [0.1, 0.15) is 0 Å². The molecule has 0 radical (unpaired) electrons. The van der Waals surface area contributed by atoms with Gasteiger partial charge >= 0.3 is 0 Å². The highest BCUT2D eigenvalue weighted by atomic mass is 32.1. The van der Waals surface area contributed by atoms with Crippen LogP contribution in [0.3, 0.4) is 0 Å². The standard InChI is InChI=1S/C13H8N2O3S/c16-11(10-6-3-7-19-10)12-14-9-5-2-1-4-8(9)13(17)15(12)18/h1-7,18H. The number of hydrogen-bond donors (Lipinski definition) is 1. The number of rotatable bonds is 2. The first kappa shape index (κ1) is 11.6. The second-order valence-corrected chi connectivity index (χ2v) is 4.82. The van der Waals surface area contributed by atoms with E-state index in [1.807, 2.05) is 0 Å². The minimum Gasteiger partial charge on any atom is -0.423 e. The number of ketones is 1. The molecule has 94 valence electrons. The number of aromatic nitrogens is 2. The van der Waals surface area contributed by atoms with Gasteiger partial charge < -0.3 is 5.21 Å². The zero-order chi connectivity index (χ0) is 13.4. The summed E-state index contributed by atoms with van der Waals surface area (Å²) < 4.78 is 0.310. The van der Waals surface area contributed by atoms with E-state index < -0.39 is 11.3 Å². The molecule has 1 N–H and O–H groups in total. The fourth-order valence-corrected chi connectivity index (χ4v) is 2.45. The first-order valence-electron chi connectivity index (χ1n) is 5.48. The van der Waals surface area contributed by atoms with Crippen LogP contribution in [0.2, 0.25) is 0 Å². The first-order chi connectivity index (χ1) is 9.18. The Morgan fingerprint density at radius 1 is 1.21 bits per heavy atom. The van der Waals surface area contributed by atoms with Gasteiger partial charge in [0, 0.05) is 0 Å². The summed E-state index contributed by atoms with van der Waals surface area (Å²) in [6, 6.07) is 9.91. The van der Waals surface area contributed by atoms with Crippen molar-refractivity contribution >= 4 is 28.0 Å². The molecule has 5 nitrogen and oxygen atoms in total. The van der Waals surface area contributed by atoms with Crippen molar-refractivity contribution in [3.8, 4) is 0 Å². The van der Waals surface area contributed by atoms with Gasteiger partial charge in [-0.05, 0) is 23.6 Å². The predicted molar refractivity (Wildman–Crippen MR) is 70.9 cm³/mol. The van der Waals surface area contributed by atoms with Gasteiger partial charge in [-0.1, -0.05) is 18.2 Å². The van der Waals surface area contributed by atoms with Crippen LogP contribution in [0.15, 0.2) is 46.6 Å². The molecule has 3 aromatic rings. The van der Waals surface area contributed by atoms with Crippen molar-refractivity contribution in [3.05, 3.63) is 62.8 Å². The average Bonchev–Trinajstić information content (AvgIpc) is 2.96. The van der Waals surface area contributed by atoms with Gasteiger partial charge in [-0.3, -0.25) is 9.59 Å². The zero-order valence-corrected chi connectivity index (χ0v) is 10.4. The molecule has 0 saturated carbocycles. The van der Waals surface area contributed by atoms with E-state index in [0.29, 0.717) is 15.1 Å². The molecule has 1 aromatic carbocycles. The Bertz CT molecular complexity index is 822. The SMILES string of the molecule is O=C(c1cccs1)c1nc2ccccc2c(=O)n1O. The molecular formula is C13H8N2O3S. The Labute approximate surface area is 111 Å². The monoisotopic (exact) mass is 272 g/mol. The van der Waals surface area contributed by atoms with Crippen molar-refractivity contribution < 1.29 is 10.0 Å². The van der Waals surface area contributed by atoms with E-state index in [9.17, 15) is 14.8 Å². The zero-order valence-electron chi connectivity index (χ0n) is 9.61. The van der Waals surface area contributed by atoms with Crippen LogP contribution in [0.5, 0.6) is 0 Å². The molecule has 2 aromatic heterocycles. The summed E-state index contributed by atoms with van der Waals surface area (Å²) in [6.07, 6.45) is 0. The Morgan fingerprint density at radius 2 is 2.00 bits per heavy atom. The first-order valence-corrected chi connectivity index (χ1v) is 6.35. The molecule has 3 rings (SSSR count). The molecule has 0 amide bonds. The Balaban J connectivity index is 2.28. The van der Waals surface area contributed by atoms with Gasteiger partial charge in [-0.25, -0.2) is 4.98 Å². The number of fused-ring (bicyclic) bond motifs is 1. The summed E-state index contributed by atoms with van der Waals surface area (Å²) in [5.41, 5.74) is -0.261. The highest BCUT2D eigenvalue weighted by molar-refractivity contribution is 7.12. The minimum atomic E-state index is -0.648. The Kier molecular flexibility index (Phi) is 2.64. The van der Waals surface area contributed by atoms with E-state index in [-0.39, 0.29) is 11.2 Å². The van der Waals surface area contributed by atoms with E-state index in [4.69, 9.17) is 0 Å². The molecule has 2 heterocycles. The molecule has 6 heteroatoms. The van der Waals surface area contributed by atoms with E-state index in [1.165, 1.54) is 11.3 Å². The molecule has 0 atom stereocenters. The third-order valence-corrected chi connectivity index (χ3v) is 3.57. The fourth-order valence-electron chi connectivity index (χ4n) is 1.79. The summed E-state index contributed by atoms with van der Waals surface area (Å²) in [5, 5.41) is 11.8. The molecule has 0 bridgehead atoms. The molecule has 0 aliphatic carbocycles. The van der Waals surface area contributed by atoms with Gasteiger partial charge in [0.05, 0.1) is 15.8 Å². The summed E-state index contributed by atoms with van der Waals surface area (Å²) >= 11 is 1.23. The summed E-state index contributed by atoms with van der Waals surface area (Å²) in [4.78, 5) is 28.6. The van der Waals surface area contributed by atoms with Gasteiger partial charge in [-0.2, -0.15) is 0 Å². The molecule has 19 heavy (non-hydrogen) atoms. The fraction of sp³-hybridized carbons (Fsp3) is 0. The van der Waals surface area contributed by atoms with E-state index in [0.717, 1.165) is 0 Å². The van der Waals surface area contributed by atoms with Crippen molar-refractivity contribution in [2.24, 2.45) is 0 Å². The average molecular weight is 272 g/mol. The van der Waals surface area contributed by atoms with Crippen molar-refractivity contribution in [3.63, 3.8) is 0 Å². The maximum absolute atomic E-state index is 12.2. The van der Waals surface area contributed by atoms with Gasteiger partial charge in [0.15, 0.2) is 0 Å². The van der Waals surface area contributed by atoms with E-state index in [1.54, 1.807) is 41.8 Å². The van der Waals surface area contributed by atoms with Crippen molar-refractivity contribution in [1.29, 1.82) is 0 Å². The van der Waals surface area contributed by atoms with E-state index >= 15 is 0 Å². The van der Waals surface area contributed by atoms with Gasteiger partial charge in [-0.15, -0.1) is 16.1 Å². The molecule has 0 unspecified atom stereocenters. The maximum Gasteiger partial charge on any atom is 0.294 e. The lowest BCUT2D eigenvalue weighted by Gasteiger charge is -2.05. The number of hydrogen-bond acceptors (Lipinski definition) is 5. The van der Waals surface area contributed by atoms with Crippen LogP contribution in [0.4, 0.5) is 0 Å². The van der Waals surface area contributed by atoms with Crippen LogP contribution in [0.1, 0.15) is 15.5 Å². The Morgan fingerprint density at radius 3 is 2.74 bits per heavy atom. The largest absolute Gasteiger partial charge is 0.423 e. The topological polar surface area (TPSA) is 72.2 Å². The number of thiophene rings is 1. The molecular weight excluding hydrogens is 264 g/mol. The third-order valence-electron chi connectivity index (χ3n) is 2.70. The number of benzene rings is 1. The highest BCUT2D eigenvalue weighted by Crippen LogP contribution is 2.14. The van der Waals surface area contributed by atoms with Crippen LogP contribution in [-0.4, -0.2) is 20.7 Å². The quantitative estimate of drug-likeness (QED) is 0.571. The van der Waals surface area contributed by atoms with Crippen LogP contribution in [-0.2, 0) is 0 Å². The van der Waals surface area contributed by atoms with Crippen molar-refractivity contribution in [1.82, 2.24) is 9.71 Å². The predicted octanol–water partition coefficient (Wildman–Crippen LogP) is 1.93.